The molecule has 4 heteroatoms. The highest BCUT2D eigenvalue weighted by molar-refractivity contribution is 9.08. The number of rotatable bonds is 5. The Bertz CT molecular complexity index is 928. The second-order valence-electron chi connectivity index (χ2n) is 11.1. The highest BCUT2D eigenvalue weighted by Gasteiger charge is 2.11. The van der Waals surface area contributed by atoms with Gasteiger partial charge in [-0.2, -0.15) is 0 Å². The van der Waals surface area contributed by atoms with Crippen LogP contribution in [0.3, 0.4) is 0 Å². The quantitative estimate of drug-likeness (QED) is 0.326. The zero-order valence-corrected chi connectivity index (χ0v) is 24.3. The van der Waals surface area contributed by atoms with Crippen molar-refractivity contribution in [2.75, 3.05) is 13.2 Å². The van der Waals surface area contributed by atoms with Crippen molar-refractivity contribution in [3.8, 4) is 17.2 Å². The molecule has 0 aliphatic heterocycles. The number of phenolic OH excluding ortho intramolecular Hbond substituents is 1. The molecule has 192 valence electrons. The Morgan fingerprint density at radius 3 is 1.26 bits per heavy atom. The van der Waals surface area contributed by atoms with Crippen LogP contribution >= 0.6 is 15.9 Å². The van der Waals surface area contributed by atoms with Gasteiger partial charge in [0.1, 0.15) is 17.2 Å². The van der Waals surface area contributed by atoms with Crippen molar-refractivity contribution in [1.29, 1.82) is 0 Å². The SMILES string of the molecule is CC(C)(C)COc1ccc(CBr)cc1.Cc1ccc(O)cc1.Cc1ccc(OCC(C)(C)C)cc1. The van der Waals surface area contributed by atoms with Gasteiger partial charge in [-0.25, -0.2) is 0 Å². The predicted molar refractivity (Wildman–Crippen MR) is 153 cm³/mol. The van der Waals surface area contributed by atoms with Gasteiger partial charge in [0.2, 0.25) is 0 Å². The molecular weight excluding hydrogens is 500 g/mol. The molecule has 3 rings (SSSR count). The molecule has 35 heavy (non-hydrogen) atoms. The lowest BCUT2D eigenvalue weighted by Gasteiger charge is -2.18. The number of aromatic hydroxyl groups is 1. The van der Waals surface area contributed by atoms with Crippen LogP contribution in [0.1, 0.15) is 58.2 Å². The highest BCUT2D eigenvalue weighted by atomic mass is 79.9. The molecule has 0 radical (unpaired) electrons. The molecule has 0 atom stereocenters. The molecule has 1 N–H and O–H groups in total. The minimum atomic E-state index is 0.216. The molecule has 0 bridgehead atoms. The minimum Gasteiger partial charge on any atom is -0.508 e. The number of halogens is 1. The van der Waals surface area contributed by atoms with Crippen molar-refractivity contribution in [2.24, 2.45) is 10.8 Å². The summed E-state index contributed by atoms with van der Waals surface area (Å²) in [6.45, 7) is 18.6. The van der Waals surface area contributed by atoms with E-state index in [1.807, 2.05) is 43.3 Å². The van der Waals surface area contributed by atoms with Gasteiger partial charge in [-0.05, 0) is 66.6 Å². The second kappa shape index (κ2) is 14.8. The van der Waals surface area contributed by atoms with Crippen molar-refractivity contribution in [3.63, 3.8) is 0 Å². The van der Waals surface area contributed by atoms with Crippen LogP contribution in [0.5, 0.6) is 17.2 Å². The van der Waals surface area contributed by atoms with Gasteiger partial charge in [-0.1, -0.05) is 105 Å². The van der Waals surface area contributed by atoms with Gasteiger partial charge < -0.3 is 14.6 Å². The van der Waals surface area contributed by atoms with Crippen LogP contribution in [-0.2, 0) is 5.33 Å². The molecule has 0 aliphatic rings. The first-order chi connectivity index (χ1) is 16.3. The van der Waals surface area contributed by atoms with Crippen LogP contribution in [0.2, 0.25) is 0 Å². The van der Waals surface area contributed by atoms with Gasteiger partial charge in [-0.3, -0.25) is 0 Å². The van der Waals surface area contributed by atoms with Crippen LogP contribution in [0, 0.1) is 24.7 Å². The zero-order valence-electron chi connectivity index (χ0n) is 22.7. The van der Waals surface area contributed by atoms with Crippen molar-refractivity contribution in [3.05, 3.63) is 89.5 Å². The number of alkyl halides is 1. The minimum absolute atomic E-state index is 0.216. The first-order valence-electron chi connectivity index (χ1n) is 12.0. The van der Waals surface area contributed by atoms with E-state index in [9.17, 15) is 0 Å². The Morgan fingerprint density at radius 2 is 0.943 bits per heavy atom. The van der Waals surface area contributed by atoms with Gasteiger partial charge in [0.05, 0.1) is 13.2 Å². The Hall–Kier alpha value is -2.46. The summed E-state index contributed by atoms with van der Waals surface area (Å²) in [5.41, 5.74) is 4.15. The van der Waals surface area contributed by atoms with Gasteiger partial charge in [0.15, 0.2) is 0 Å². The van der Waals surface area contributed by atoms with Gasteiger partial charge >= 0.3 is 0 Å². The van der Waals surface area contributed by atoms with E-state index in [1.165, 1.54) is 16.7 Å². The Morgan fingerprint density at radius 1 is 0.600 bits per heavy atom. The fourth-order valence-electron chi connectivity index (χ4n) is 2.45. The fraction of sp³-hybridized carbons (Fsp3) is 0.419. The Balaban J connectivity index is 0.000000272. The van der Waals surface area contributed by atoms with E-state index < -0.39 is 0 Å². The van der Waals surface area contributed by atoms with E-state index in [0.717, 1.165) is 30.0 Å². The third kappa shape index (κ3) is 15.9. The largest absolute Gasteiger partial charge is 0.508 e. The topological polar surface area (TPSA) is 38.7 Å². The summed E-state index contributed by atoms with van der Waals surface area (Å²) in [7, 11) is 0. The molecular formula is C31H43BrO3. The van der Waals surface area contributed by atoms with Gasteiger partial charge in [-0.15, -0.1) is 0 Å². The van der Waals surface area contributed by atoms with Gasteiger partial charge in [0, 0.05) is 5.33 Å². The van der Waals surface area contributed by atoms with Crippen molar-refractivity contribution in [1.82, 2.24) is 0 Å². The zero-order chi connectivity index (χ0) is 26.5. The maximum absolute atomic E-state index is 8.76. The van der Waals surface area contributed by atoms with E-state index in [1.54, 1.807) is 12.1 Å². The number of aryl methyl sites for hydroxylation is 2. The number of ether oxygens (including phenoxy) is 2. The molecule has 0 unspecified atom stereocenters. The third-order valence-electron chi connectivity index (χ3n) is 4.48. The standard InChI is InChI=1S/C12H17BrO.C12H18O.C7H8O/c1-12(2,3)9-14-11-6-4-10(8-13)5-7-11;1-10-5-7-11(8-6-10)13-9-12(2,3)4;1-6-2-4-7(8)5-3-6/h4-7H,8-9H2,1-3H3;5-8H,9H2,1-4H3;2-5,8H,1H3. The lowest BCUT2D eigenvalue weighted by molar-refractivity contribution is 0.198. The average Bonchev–Trinajstić information content (AvgIpc) is 2.79. The number of benzene rings is 3. The van der Waals surface area contributed by atoms with Crippen LogP contribution in [-0.4, -0.2) is 18.3 Å². The molecule has 0 saturated heterocycles. The van der Waals surface area contributed by atoms with E-state index in [0.29, 0.717) is 5.75 Å². The fourth-order valence-corrected chi connectivity index (χ4v) is 2.83. The van der Waals surface area contributed by atoms with E-state index >= 15 is 0 Å². The maximum atomic E-state index is 8.76. The molecule has 3 aromatic carbocycles. The smallest absolute Gasteiger partial charge is 0.119 e. The van der Waals surface area contributed by atoms with Crippen LogP contribution in [0.25, 0.3) is 0 Å². The monoisotopic (exact) mass is 542 g/mol. The molecule has 0 heterocycles. The lowest BCUT2D eigenvalue weighted by atomic mass is 9.99. The molecule has 0 amide bonds. The number of hydrogen-bond donors (Lipinski definition) is 1. The van der Waals surface area contributed by atoms with E-state index in [4.69, 9.17) is 14.6 Å². The molecule has 3 aromatic rings. The summed E-state index contributed by atoms with van der Waals surface area (Å²) in [5.74, 6) is 2.24. The van der Waals surface area contributed by atoms with Crippen LogP contribution in [0.15, 0.2) is 72.8 Å². The first kappa shape index (κ1) is 30.6. The van der Waals surface area contributed by atoms with Gasteiger partial charge in [0.25, 0.3) is 0 Å². The summed E-state index contributed by atoms with van der Waals surface area (Å²) in [6.07, 6.45) is 0. The lowest BCUT2D eigenvalue weighted by Crippen LogP contribution is -2.16. The molecule has 0 aliphatic carbocycles. The maximum Gasteiger partial charge on any atom is 0.119 e. The average molecular weight is 544 g/mol. The molecule has 0 spiro atoms. The number of hydrogen-bond acceptors (Lipinski definition) is 3. The van der Waals surface area contributed by atoms with Crippen molar-refractivity contribution < 1.29 is 14.6 Å². The van der Waals surface area contributed by atoms with E-state index in [-0.39, 0.29) is 10.8 Å². The Kier molecular flexibility index (Phi) is 13.0. The molecule has 0 fully saturated rings. The van der Waals surface area contributed by atoms with Crippen LogP contribution in [0.4, 0.5) is 0 Å². The van der Waals surface area contributed by atoms with Crippen molar-refractivity contribution >= 4 is 15.9 Å². The molecule has 3 nitrogen and oxygen atoms in total. The van der Waals surface area contributed by atoms with Crippen LogP contribution < -0.4 is 9.47 Å². The number of phenols is 1. The summed E-state index contributed by atoms with van der Waals surface area (Å²) in [4.78, 5) is 0. The normalized spacial score (nSPS) is 10.9. The molecule has 0 saturated carbocycles. The predicted octanol–water partition coefficient (Wildman–Crippen LogP) is 9.13. The summed E-state index contributed by atoms with van der Waals surface area (Å²) in [6, 6.07) is 23.4. The summed E-state index contributed by atoms with van der Waals surface area (Å²) < 4.78 is 11.3. The Labute approximate surface area is 221 Å². The second-order valence-corrected chi connectivity index (χ2v) is 11.7. The third-order valence-corrected chi connectivity index (χ3v) is 5.12. The molecule has 0 aromatic heterocycles. The summed E-state index contributed by atoms with van der Waals surface area (Å²) >= 11 is 3.41. The summed E-state index contributed by atoms with van der Waals surface area (Å²) in [5, 5.41) is 9.65. The van der Waals surface area contributed by atoms with E-state index in [2.05, 4.69) is 88.7 Å². The first-order valence-corrected chi connectivity index (χ1v) is 13.1. The van der Waals surface area contributed by atoms with Crippen molar-refractivity contribution in [2.45, 2.75) is 60.7 Å². The highest BCUT2D eigenvalue weighted by Crippen LogP contribution is 2.19.